The molecule has 1 atom stereocenters. The summed E-state index contributed by atoms with van der Waals surface area (Å²) < 4.78 is 85.6. The van der Waals surface area contributed by atoms with Crippen molar-refractivity contribution in [1.29, 1.82) is 0 Å². The number of furan rings is 1. The van der Waals surface area contributed by atoms with Gasteiger partial charge in [0.2, 0.25) is 10.0 Å². The Bertz CT molecular complexity index is 1210. The molecule has 0 aliphatic carbocycles. The molecule has 0 saturated carbocycles. The van der Waals surface area contributed by atoms with E-state index in [0.29, 0.717) is 12.1 Å². The van der Waals surface area contributed by atoms with Crippen molar-refractivity contribution in [3.8, 4) is 0 Å². The second kappa shape index (κ2) is 8.05. The third-order valence-electron chi connectivity index (χ3n) is 4.23. The molecule has 0 radical (unpaired) electrons. The monoisotopic (exact) mass is 441 g/mol. The van der Waals surface area contributed by atoms with Gasteiger partial charge in [0.25, 0.3) is 0 Å². The van der Waals surface area contributed by atoms with E-state index in [1.807, 2.05) is 4.72 Å². The molecule has 0 bridgehead atoms. The van der Waals surface area contributed by atoms with Crippen molar-refractivity contribution in [2.24, 2.45) is 0 Å². The van der Waals surface area contributed by atoms with Gasteiger partial charge in [-0.25, -0.2) is 30.3 Å². The number of sulfonamides is 1. The Hall–Kier alpha value is -2.56. The molecule has 1 aromatic heterocycles. The fourth-order valence-corrected chi connectivity index (χ4v) is 5.50. The minimum Gasteiger partial charge on any atom is -0.468 e. The van der Waals surface area contributed by atoms with Crippen molar-refractivity contribution in [1.82, 2.24) is 4.72 Å². The first kappa shape index (κ1) is 21.2. The molecular weight excluding hydrogens is 424 g/mol. The van der Waals surface area contributed by atoms with Crippen LogP contribution >= 0.6 is 0 Å². The van der Waals surface area contributed by atoms with Crippen LogP contribution in [0.1, 0.15) is 16.6 Å². The third-order valence-corrected chi connectivity index (χ3v) is 7.74. The molecule has 154 valence electrons. The third kappa shape index (κ3) is 4.55. The number of hydrogen-bond acceptors (Lipinski definition) is 5. The normalized spacial score (nSPS) is 13.3. The number of benzene rings is 2. The van der Waals surface area contributed by atoms with Gasteiger partial charge in [-0.05, 0) is 49.4 Å². The van der Waals surface area contributed by atoms with Crippen LogP contribution in [-0.4, -0.2) is 23.4 Å². The maximum absolute atomic E-state index is 13.9. The second-order valence-electron chi connectivity index (χ2n) is 6.29. The summed E-state index contributed by atoms with van der Waals surface area (Å²) in [7, 11) is -8.57. The fourth-order valence-electron chi connectivity index (χ4n) is 2.68. The Morgan fingerprint density at radius 2 is 1.69 bits per heavy atom. The van der Waals surface area contributed by atoms with Gasteiger partial charge in [0.15, 0.2) is 9.84 Å². The first-order valence-electron chi connectivity index (χ1n) is 8.40. The summed E-state index contributed by atoms with van der Waals surface area (Å²) in [6, 6.07) is 10.9. The van der Waals surface area contributed by atoms with Crippen LogP contribution in [0.25, 0.3) is 0 Å². The van der Waals surface area contributed by atoms with E-state index in [-0.39, 0.29) is 10.7 Å². The van der Waals surface area contributed by atoms with Gasteiger partial charge in [-0.15, -0.1) is 0 Å². The van der Waals surface area contributed by atoms with Gasteiger partial charge in [0.05, 0.1) is 11.2 Å². The lowest BCUT2D eigenvalue weighted by Gasteiger charge is -2.17. The zero-order valence-electron chi connectivity index (χ0n) is 15.2. The average Bonchev–Trinajstić information content (AvgIpc) is 3.18. The Labute approximate surface area is 167 Å². The molecule has 0 aliphatic rings. The summed E-state index contributed by atoms with van der Waals surface area (Å²) in [5.41, 5.74) is 0.848. The molecule has 6 nitrogen and oxygen atoms in total. The van der Waals surface area contributed by atoms with Gasteiger partial charge in [-0.3, -0.25) is 0 Å². The molecule has 2 aromatic carbocycles. The van der Waals surface area contributed by atoms with Gasteiger partial charge in [0, 0.05) is 6.54 Å². The Morgan fingerprint density at radius 3 is 2.31 bits per heavy atom. The molecule has 0 amide bonds. The Balaban J connectivity index is 1.95. The lowest BCUT2D eigenvalue weighted by atomic mass is 10.2. The molecule has 1 N–H and O–H groups in total. The van der Waals surface area contributed by atoms with Crippen molar-refractivity contribution < 1.29 is 30.0 Å². The molecular formula is C19H17F2NO5S2. The average molecular weight is 441 g/mol. The first-order chi connectivity index (χ1) is 13.6. The topological polar surface area (TPSA) is 93.5 Å². The van der Waals surface area contributed by atoms with Crippen LogP contribution < -0.4 is 4.72 Å². The number of halogens is 2. The predicted octanol–water partition coefficient (Wildman–Crippen LogP) is 3.36. The van der Waals surface area contributed by atoms with E-state index >= 15 is 0 Å². The standard InChI is InChI=1S/C19H17F2NO5S2/c1-13-4-7-15(8-5-13)28(23,24)19(17-3-2-10-27-17)12-22-29(25,26)18-11-14(20)6-9-16(18)21/h2-11,19,22H,12H2,1H3. The van der Waals surface area contributed by atoms with Crippen molar-refractivity contribution >= 4 is 19.9 Å². The maximum atomic E-state index is 13.9. The number of hydrogen-bond donors (Lipinski definition) is 1. The fraction of sp³-hybridized carbons (Fsp3) is 0.158. The van der Waals surface area contributed by atoms with E-state index in [2.05, 4.69) is 0 Å². The van der Waals surface area contributed by atoms with Gasteiger partial charge in [0.1, 0.15) is 27.5 Å². The molecule has 0 fully saturated rings. The number of sulfone groups is 1. The van der Waals surface area contributed by atoms with Crippen LogP contribution in [0.15, 0.2) is 75.1 Å². The first-order valence-corrected chi connectivity index (χ1v) is 11.4. The summed E-state index contributed by atoms with van der Waals surface area (Å²) >= 11 is 0. The largest absolute Gasteiger partial charge is 0.468 e. The van der Waals surface area contributed by atoms with Crippen molar-refractivity contribution in [3.05, 3.63) is 83.8 Å². The smallest absolute Gasteiger partial charge is 0.243 e. The molecule has 3 aromatic rings. The van der Waals surface area contributed by atoms with Crippen molar-refractivity contribution in [2.75, 3.05) is 6.54 Å². The van der Waals surface area contributed by atoms with E-state index < -0.39 is 48.2 Å². The molecule has 1 heterocycles. The quantitative estimate of drug-likeness (QED) is 0.607. The maximum Gasteiger partial charge on any atom is 0.243 e. The highest BCUT2D eigenvalue weighted by Crippen LogP contribution is 2.29. The minimum atomic E-state index is -4.52. The summed E-state index contributed by atoms with van der Waals surface area (Å²) in [5, 5.41) is -1.41. The highest BCUT2D eigenvalue weighted by atomic mass is 32.2. The molecule has 0 saturated heterocycles. The van der Waals surface area contributed by atoms with Gasteiger partial charge in [-0.1, -0.05) is 17.7 Å². The SMILES string of the molecule is Cc1ccc(S(=O)(=O)C(CNS(=O)(=O)c2cc(F)ccc2F)c2ccco2)cc1. The summed E-state index contributed by atoms with van der Waals surface area (Å²) in [5.74, 6) is -2.09. The van der Waals surface area contributed by atoms with Crippen LogP contribution in [0.5, 0.6) is 0 Å². The van der Waals surface area contributed by atoms with E-state index in [1.165, 1.54) is 30.5 Å². The highest BCUT2D eigenvalue weighted by Gasteiger charge is 2.33. The molecule has 0 aliphatic heterocycles. The van der Waals surface area contributed by atoms with Crippen molar-refractivity contribution in [3.63, 3.8) is 0 Å². The van der Waals surface area contributed by atoms with Crippen molar-refractivity contribution in [2.45, 2.75) is 22.0 Å². The van der Waals surface area contributed by atoms with E-state index in [4.69, 9.17) is 4.42 Å². The number of aryl methyl sites for hydroxylation is 1. The van der Waals surface area contributed by atoms with Crippen LogP contribution in [0.2, 0.25) is 0 Å². The molecule has 29 heavy (non-hydrogen) atoms. The van der Waals surface area contributed by atoms with E-state index in [0.717, 1.165) is 11.6 Å². The lowest BCUT2D eigenvalue weighted by molar-refractivity contribution is 0.486. The van der Waals surface area contributed by atoms with E-state index in [9.17, 15) is 25.6 Å². The van der Waals surface area contributed by atoms with Gasteiger partial charge in [-0.2, -0.15) is 0 Å². The van der Waals surface area contributed by atoms with Crippen LogP contribution in [0, 0.1) is 18.6 Å². The summed E-state index contributed by atoms with van der Waals surface area (Å²) in [6.45, 7) is 1.16. The predicted molar refractivity (Wildman–Crippen MR) is 101 cm³/mol. The zero-order chi connectivity index (χ0) is 21.2. The van der Waals surface area contributed by atoms with Gasteiger partial charge < -0.3 is 4.42 Å². The number of nitrogens with one attached hydrogen (secondary N) is 1. The second-order valence-corrected chi connectivity index (χ2v) is 10.2. The zero-order valence-corrected chi connectivity index (χ0v) is 16.8. The van der Waals surface area contributed by atoms with Gasteiger partial charge >= 0.3 is 0 Å². The Kier molecular flexibility index (Phi) is 5.87. The number of rotatable bonds is 7. The Morgan fingerprint density at radius 1 is 1.00 bits per heavy atom. The summed E-state index contributed by atoms with van der Waals surface area (Å²) in [4.78, 5) is -0.941. The summed E-state index contributed by atoms with van der Waals surface area (Å²) in [6.07, 6.45) is 1.26. The van der Waals surface area contributed by atoms with Crippen LogP contribution in [0.4, 0.5) is 8.78 Å². The van der Waals surface area contributed by atoms with Crippen LogP contribution in [0.3, 0.4) is 0 Å². The molecule has 1 unspecified atom stereocenters. The molecule has 10 heteroatoms. The lowest BCUT2D eigenvalue weighted by Crippen LogP contribution is -2.32. The van der Waals surface area contributed by atoms with Crippen LogP contribution in [-0.2, 0) is 19.9 Å². The van der Waals surface area contributed by atoms with E-state index in [1.54, 1.807) is 19.1 Å². The minimum absolute atomic E-state index is 0.00740. The highest BCUT2D eigenvalue weighted by molar-refractivity contribution is 7.92. The molecule has 3 rings (SSSR count). The molecule has 0 spiro atoms.